The predicted octanol–water partition coefficient (Wildman–Crippen LogP) is 2.47. The topological polar surface area (TPSA) is 53.8 Å². The van der Waals surface area contributed by atoms with E-state index in [4.69, 9.17) is 5.26 Å². The maximum Gasteiger partial charge on any atom is 0.281 e. The largest absolute Gasteiger partial charge is 0.298 e. The van der Waals surface area contributed by atoms with E-state index >= 15 is 0 Å². The van der Waals surface area contributed by atoms with Crippen molar-refractivity contribution in [2.24, 2.45) is 0 Å². The molecule has 0 spiro atoms. The van der Waals surface area contributed by atoms with Gasteiger partial charge < -0.3 is 0 Å². The number of hydrogen-bond donors (Lipinski definition) is 0. The van der Waals surface area contributed by atoms with Crippen LogP contribution in [-0.2, 0) is 0 Å². The van der Waals surface area contributed by atoms with E-state index in [9.17, 15) is 13.6 Å². The Morgan fingerprint density at radius 1 is 1.64 bits per heavy atom. The lowest BCUT2D eigenvalue weighted by atomic mass is 10.1. The molecule has 0 atom stereocenters. The normalized spacial score (nSPS) is 9.93. The standard InChI is InChI=1S/C8H3BrF2N2O/c9-6-4(1-12)2-13-7(8(10)11)5(6)3-14/h2-3,8H. The van der Waals surface area contributed by atoms with Crippen LogP contribution >= 0.6 is 15.9 Å². The third-order valence-corrected chi connectivity index (χ3v) is 2.38. The molecule has 0 saturated carbocycles. The van der Waals surface area contributed by atoms with Gasteiger partial charge in [-0.1, -0.05) is 0 Å². The summed E-state index contributed by atoms with van der Waals surface area (Å²) < 4.78 is 24.7. The van der Waals surface area contributed by atoms with Gasteiger partial charge >= 0.3 is 0 Å². The molecular weight excluding hydrogens is 258 g/mol. The van der Waals surface area contributed by atoms with Crippen molar-refractivity contribution in [1.82, 2.24) is 4.98 Å². The summed E-state index contributed by atoms with van der Waals surface area (Å²) in [6.07, 6.45) is -1.59. The van der Waals surface area contributed by atoms with Crippen LogP contribution in [-0.4, -0.2) is 11.3 Å². The number of hydrogen-bond acceptors (Lipinski definition) is 3. The van der Waals surface area contributed by atoms with E-state index in [0.717, 1.165) is 6.20 Å². The molecule has 1 aromatic heterocycles. The molecule has 0 unspecified atom stereocenters. The predicted molar refractivity (Wildman–Crippen MR) is 47.0 cm³/mol. The molecule has 1 rings (SSSR count). The molecule has 0 saturated heterocycles. The summed E-state index contributed by atoms with van der Waals surface area (Å²) in [5.74, 6) is 0. The number of carbonyl (C=O) groups excluding carboxylic acids is 1. The van der Waals surface area contributed by atoms with Crippen molar-refractivity contribution >= 4 is 22.2 Å². The second-order valence-corrected chi connectivity index (χ2v) is 3.11. The Balaban J connectivity index is 3.45. The third kappa shape index (κ3) is 1.77. The Hall–Kier alpha value is -1.35. The molecule has 0 N–H and O–H groups in total. The maximum absolute atomic E-state index is 12.3. The number of nitriles is 1. The number of alkyl halides is 2. The summed E-state index contributed by atoms with van der Waals surface area (Å²) in [6, 6.07) is 1.72. The van der Waals surface area contributed by atoms with Crippen LogP contribution in [0.3, 0.4) is 0 Å². The first kappa shape index (κ1) is 10.7. The molecular formula is C8H3BrF2N2O. The van der Waals surface area contributed by atoms with Gasteiger partial charge in [-0.2, -0.15) is 5.26 Å². The van der Waals surface area contributed by atoms with Crippen molar-refractivity contribution in [3.8, 4) is 6.07 Å². The highest BCUT2D eigenvalue weighted by Crippen LogP contribution is 2.27. The fraction of sp³-hybridized carbons (Fsp3) is 0.125. The van der Waals surface area contributed by atoms with Crippen LogP contribution in [0.5, 0.6) is 0 Å². The average Bonchev–Trinajstić information content (AvgIpc) is 2.17. The number of rotatable bonds is 2. The monoisotopic (exact) mass is 260 g/mol. The minimum atomic E-state index is -2.83. The fourth-order valence-corrected chi connectivity index (χ4v) is 1.37. The Morgan fingerprint density at radius 3 is 2.71 bits per heavy atom. The Labute approximate surface area is 86.5 Å². The zero-order valence-electron chi connectivity index (χ0n) is 6.67. The zero-order valence-corrected chi connectivity index (χ0v) is 8.25. The maximum atomic E-state index is 12.3. The van der Waals surface area contributed by atoms with Crippen LogP contribution in [0.15, 0.2) is 10.7 Å². The number of carbonyl (C=O) groups is 1. The second-order valence-electron chi connectivity index (χ2n) is 2.32. The van der Waals surface area contributed by atoms with Gasteiger partial charge in [-0.25, -0.2) is 8.78 Å². The van der Waals surface area contributed by atoms with Gasteiger partial charge in [0.15, 0.2) is 6.29 Å². The van der Waals surface area contributed by atoms with Crippen molar-refractivity contribution < 1.29 is 13.6 Å². The summed E-state index contributed by atoms with van der Waals surface area (Å²) in [5, 5.41) is 8.54. The van der Waals surface area contributed by atoms with Crippen LogP contribution < -0.4 is 0 Å². The molecule has 1 aromatic rings. The van der Waals surface area contributed by atoms with Gasteiger partial charge in [-0.3, -0.25) is 9.78 Å². The van der Waals surface area contributed by atoms with Crippen LogP contribution in [0.1, 0.15) is 28.0 Å². The van der Waals surface area contributed by atoms with Crippen molar-refractivity contribution in [2.45, 2.75) is 6.43 Å². The quantitative estimate of drug-likeness (QED) is 0.768. The van der Waals surface area contributed by atoms with Crippen molar-refractivity contribution in [3.05, 3.63) is 27.5 Å². The molecule has 0 aliphatic rings. The number of aldehydes is 1. The highest BCUT2D eigenvalue weighted by Gasteiger charge is 2.18. The summed E-state index contributed by atoms with van der Waals surface area (Å²) in [5.41, 5.74) is -0.846. The van der Waals surface area contributed by atoms with E-state index in [-0.39, 0.29) is 21.9 Å². The fourth-order valence-electron chi connectivity index (χ4n) is 0.882. The van der Waals surface area contributed by atoms with Crippen LogP contribution in [0, 0.1) is 11.3 Å². The molecule has 1 heterocycles. The van der Waals surface area contributed by atoms with E-state index in [1.807, 2.05) is 0 Å². The number of nitrogens with zero attached hydrogens (tertiary/aromatic N) is 2. The summed E-state index contributed by atoms with van der Waals surface area (Å²) in [6.45, 7) is 0. The first-order valence-electron chi connectivity index (χ1n) is 3.43. The van der Waals surface area contributed by atoms with E-state index in [1.165, 1.54) is 0 Å². The first-order chi connectivity index (χ1) is 6.61. The second kappa shape index (κ2) is 4.24. The van der Waals surface area contributed by atoms with Crippen molar-refractivity contribution in [3.63, 3.8) is 0 Å². The minimum Gasteiger partial charge on any atom is -0.298 e. The highest BCUT2D eigenvalue weighted by molar-refractivity contribution is 9.10. The van der Waals surface area contributed by atoms with Gasteiger partial charge in [0.05, 0.1) is 11.1 Å². The Bertz CT molecular complexity index is 415. The minimum absolute atomic E-state index is 0.0523. The van der Waals surface area contributed by atoms with E-state index in [0.29, 0.717) is 0 Å². The lowest BCUT2D eigenvalue weighted by molar-refractivity contribution is 0.110. The molecule has 0 amide bonds. The van der Waals surface area contributed by atoms with Gasteiger partial charge in [0.1, 0.15) is 11.8 Å². The third-order valence-electron chi connectivity index (χ3n) is 1.53. The van der Waals surface area contributed by atoms with Gasteiger partial charge in [-0.05, 0) is 15.9 Å². The summed E-state index contributed by atoms with van der Waals surface area (Å²) in [4.78, 5) is 13.9. The van der Waals surface area contributed by atoms with Crippen LogP contribution in [0.25, 0.3) is 0 Å². The molecule has 0 aromatic carbocycles. The lowest BCUT2D eigenvalue weighted by Gasteiger charge is -2.04. The van der Waals surface area contributed by atoms with Gasteiger partial charge in [0, 0.05) is 10.7 Å². The molecule has 0 radical (unpaired) electrons. The molecule has 72 valence electrons. The Kier molecular flexibility index (Phi) is 3.25. The number of aromatic nitrogens is 1. The van der Waals surface area contributed by atoms with Crippen LogP contribution in [0.2, 0.25) is 0 Å². The Morgan fingerprint density at radius 2 is 2.29 bits per heavy atom. The molecule has 6 heteroatoms. The molecule has 0 bridgehead atoms. The van der Waals surface area contributed by atoms with Crippen LogP contribution in [0.4, 0.5) is 8.78 Å². The highest BCUT2D eigenvalue weighted by atomic mass is 79.9. The number of halogens is 3. The van der Waals surface area contributed by atoms with Crippen molar-refractivity contribution in [1.29, 1.82) is 5.26 Å². The molecule has 14 heavy (non-hydrogen) atoms. The smallest absolute Gasteiger partial charge is 0.281 e. The summed E-state index contributed by atoms with van der Waals surface area (Å²) >= 11 is 2.89. The van der Waals surface area contributed by atoms with E-state index in [2.05, 4.69) is 20.9 Å². The SMILES string of the molecule is N#Cc1cnc(C(F)F)c(C=O)c1Br. The van der Waals surface area contributed by atoms with Crippen molar-refractivity contribution in [2.75, 3.05) is 0 Å². The van der Waals surface area contributed by atoms with E-state index in [1.54, 1.807) is 6.07 Å². The van der Waals surface area contributed by atoms with Gasteiger partial charge in [0.2, 0.25) is 0 Å². The van der Waals surface area contributed by atoms with E-state index < -0.39 is 12.1 Å². The first-order valence-corrected chi connectivity index (χ1v) is 4.23. The zero-order chi connectivity index (χ0) is 10.7. The molecule has 0 aliphatic carbocycles. The summed E-state index contributed by atoms with van der Waals surface area (Å²) in [7, 11) is 0. The van der Waals surface area contributed by atoms with Gasteiger partial charge in [0.25, 0.3) is 6.43 Å². The molecule has 3 nitrogen and oxygen atoms in total. The number of pyridine rings is 1. The average molecular weight is 261 g/mol. The molecule has 0 fully saturated rings. The van der Waals surface area contributed by atoms with Gasteiger partial charge in [-0.15, -0.1) is 0 Å². The lowest BCUT2D eigenvalue weighted by Crippen LogP contribution is -2.00. The molecule has 0 aliphatic heterocycles.